The number of aliphatic imine (C=N–C) groups is 1. The molecule has 2 rings (SSSR count). The first kappa shape index (κ1) is 18.1. The quantitative estimate of drug-likeness (QED) is 0.658. The van der Waals surface area contributed by atoms with Crippen LogP contribution in [0.1, 0.15) is 46.1 Å². The first-order valence-electron chi connectivity index (χ1n) is 8.32. The highest BCUT2D eigenvalue weighted by atomic mass is 16.6. The number of ether oxygens (including phenoxy) is 1. The number of rotatable bonds is 3. The molecule has 1 fully saturated rings. The number of carbonyl (C=O) groups is 1. The lowest BCUT2D eigenvalue weighted by Gasteiger charge is -2.37. The van der Waals surface area contributed by atoms with Gasteiger partial charge in [-0.05, 0) is 44.4 Å². The molecule has 1 amide bonds. The minimum Gasteiger partial charge on any atom is -0.444 e. The van der Waals surface area contributed by atoms with Crippen molar-refractivity contribution in [3.63, 3.8) is 0 Å². The second-order valence-electron chi connectivity index (χ2n) is 7.46. The Kier molecular flexibility index (Phi) is 5.36. The van der Waals surface area contributed by atoms with Crippen LogP contribution >= 0.6 is 0 Å². The predicted molar refractivity (Wildman–Crippen MR) is 97.4 cm³/mol. The number of nitrogens with one attached hydrogen (secondary N) is 1. The van der Waals surface area contributed by atoms with Crippen molar-refractivity contribution < 1.29 is 9.53 Å². The Morgan fingerprint density at radius 3 is 2.62 bits per heavy atom. The van der Waals surface area contributed by atoms with Crippen LogP contribution in [-0.4, -0.2) is 41.7 Å². The lowest BCUT2D eigenvalue weighted by molar-refractivity contribution is 0.00905. The average Bonchev–Trinajstić information content (AvgIpc) is 2.40. The number of benzene rings is 1. The number of nitrogens with zero attached hydrogens (tertiary/aromatic N) is 2. The van der Waals surface area contributed by atoms with Gasteiger partial charge in [0.25, 0.3) is 0 Å². The summed E-state index contributed by atoms with van der Waals surface area (Å²) in [5, 5.41) is 3.11. The van der Waals surface area contributed by atoms with Crippen molar-refractivity contribution >= 4 is 17.7 Å². The summed E-state index contributed by atoms with van der Waals surface area (Å²) in [4.78, 5) is 17.9. The van der Waals surface area contributed by atoms with E-state index in [1.54, 1.807) is 4.90 Å². The van der Waals surface area contributed by atoms with Gasteiger partial charge in [-0.25, -0.2) is 9.79 Å². The van der Waals surface area contributed by atoms with Gasteiger partial charge in [0.1, 0.15) is 5.60 Å². The van der Waals surface area contributed by atoms with Crippen molar-refractivity contribution in [2.45, 2.75) is 52.2 Å². The molecule has 1 saturated heterocycles. The number of nitrogens with two attached hydrogens (primary N) is 1. The van der Waals surface area contributed by atoms with Gasteiger partial charge in [-0.15, -0.1) is 0 Å². The van der Waals surface area contributed by atoms with Crippen molar-refractivity contribution in [3.05, 3.63) is 29.8 Å². The van der Waals surface area contributed by atoms with Gasteiger partial charge in [0.15, 0.2) is 5.96 Å². The van der Waals surface area contributed by atoms with E-state index in [-0.39, 0.29) is 12.1 Å². The van der Waals surface area contributed by atoms with Gasteiger partial charge in [-0.2, -0.15) is 0 Å². The summed E-state index contributed by atoms with van der Waals surface area (Å²) in [7, 11) is 0. The van der Waals surface area contributed by atoms with E-state index in [9.17, 15) is 4.79 Å². The number of amides is 1. The molecule has 132 valence electrons. The van der Waals surface area contributed by atoms with E-state index < -0.39 is 5.60 Å². The first-order chi connectivity index (χ1) is 11.1. The maximum absolute atomic E-state index is 11.9. The minimum atomic E-state index is -0.479. The zero-order chi connectivity index (χ0) is 17.9. The van der Waals surface area contributed by atoms with Gasteiger partial charge in [0.05, 0.1) is 6.04 Å². The van der Waals surface area contributed by atoms with Crippen LogP contribution in [0.5, 0.6) is 0 Å². The number of likely N-dealkylation sites (tertiary alicyclic amines) is 1. The molecule has 0 spiro atoms. The van der Waals surface area contributed by atoms with Crippen molar-refractivity contribution in [2.75, 3.05) is 18.4 Å². The lowest BCUT2D eigenvalue weighted by atomic mass is 10.0. The van der Waals surface area contributed by atoms with E-state index in [2.05, 4.69) is 36.3 Å². The molecule has 3 N–H and O–H groups in total. The van der Waals surface area contributed by atoms with Crippen LogP contribution in [0.4, 0.5) is 10.5 Å². The highest BCUT2D eigenvalue weighted by molar-refractivity contribution is 5.92. The second-order valence-corrected chi connectivity index (χ2v) is 7.46. The maximum Gasteiger partial charge on any atom is 0.410 e. The van der Waals surface area contributed by atoms with Gasteiger partial charge in [-0.1, -0.05) is 26.0 Å². The molecule has 1 aromatic rings. The van der Waals surface area contributed by atoms with Gasteiger partial charge in [0, 0.05) is 18.8 Å². The number of hydrogen-bond acceptors (Lipinski definition) is 3. The van der Waals surface area contributed by atoms with Crippen LogP contribution in [0, 0.1) is 0 Å². The molecule has 0 atom stereocenters. The molecular formula is C18H28N4O2. The average molecular weight is 332 g/mol. The Hall–Kier alpha value is -2.24. The number of hydrogen-bond donors (Lipinski definition) is 2. The Bertz CT molecular complexity index is 614. The van der Waals surface area contributed by atoms with Gasteiger partial charge >= 0.3 is 6.09 Å². The molecule has 6 nitrogen and oxygen atoms in total. The highest BCUT2D eigenvalue weighted by Gasteiger charge is 2.33. The molecule has 1 aliphatic rings. The molecule has 1 aliphatic heterocycles. The molecule has 1 aromatic carbocycles. The molecule has 6 heteroatoms. The third-order valence-corrected chi connectivity index (χ3v) is 3.66. The third kappa shape index (κ3) is 5.15. The molecule has 24 heavy (non-hydrogen) atoms. The number of carbonyl (C=O) groups excluding carboxylic acids is 1. The highest BCUT2D eigenvalue weighted by Crippen LogP contribution is 2.19. The summed E-state index contributed by atoms with van der Waals surface area (Å²) < 4.78 is 5.32. The van der Waals surface area contributed by atoms with Crippen LogP contribution in [0.25, 0.3) is 0 Å². The van der Waals surface area contributed by atoms with Crippen molar-refractivity contribution in [3.8, 4) is 0 Å². The van der Waals surface area contributed by atoms with Crippen LogP contribution in [-0.2, 0) is 4.74 Å². The summed E-state index contributed by atoms with van der Waals surface area (Å²) in [6.07, 6.45) is -0.301. The van der Waals surface area contributed by atoms with Crippen LogP contribution in [0.15, 0.2) is 29.3 Å². The fraction of sp³-hybridized carbons (Fsp3) is 0.556. The fourth-order valence-corrected chi connectivity index (χ4v) is 2.36. The molecule has 0 bridgehead atoms. The van der Waals surface area contributed by atoms with E-state index in [0.717, 1.165) is 5.69 Å². The van der Waals surface area contributed by atoms with E-state index in [1.165, 1.54) is 5.56 Å². The fourth-order valence-electron chi connectivity index (χ4n) is 2.36. The standard InChI is InChI=1S/C18H28N4O2/c1-12(2)13-7-6-8-14(9-13)20-16(19)21-15-10-22(11-15)17(23)24-18(3,4)5/h6-9,12,15H,10-11H2,1-5H3,(H3,19,20,21). The van der Waals surface area contributed by atoms with Crippen molar-refractivity contribution in [1.82, 2.24) is 4.90 Å². The summed E-state index contributed by atoms with van der Waals surface area (Å²) in [5.41, 5.74) is 7.66. The summed E-state index contributed by atoms with van der Waals surface area (Å²) in [5.74, 6) is 0.823. The topological polar surface area (TPSA) is 80.0 Å². The normalized spacial score (nSPS) is 16.1. The smallest absolute Gasteiger partial charge is 0.410 e. The molecule has 1 heterocycles. The number of guanidine groups is 1. The van der Waals surface area contributed by atoms with Gasteiger partial charge in [0.2, 0.25) is 0 Å². The molecule has 0 aliphatic carbocycles. The second kappa shape index (κ2) is 7.11. The zero-order valence-corrected chi connectivity index (χ0v) is 15.2. The maximum atomic E-state index is 11.9. The van der Waals surface area contributed by atoms with Gasteiger partial charge in [-0.3, -0.25) is 0 Å². The van der Waals surface area contributed by atoms with Gasteiger partial charge < -0.3 is 20.7 Å². The Morgan fingerprint density at radius 2 is 2.04 bits per heavy atom. The third-order valence-electron chi connectivity index (χ3n) is 3.66. The summed E-state index contributed by atoms with van der Waals surface area (Å²) >= 11 is 0. The van der Waals surface area contributed by atoms with Crippen molar-refractivity contribution in [2.24, 2.45) is 10.7 Å². The molecule has 0 radical (unpaired) electrons. The van der Waals surface area contributed by atoms with E-state index in [1.807, 2.05) is 32.9 Å². The SMILES string of the molecule is CC(C)c1cccc(NC(N)=NC2CN(C(=O)OC(C)(C)C)C2)c1. The minimum absolute atomic E-state index is 0.0123. The predicted octanol–water partition coefficient (Wildman–Crippen LogP) is 3.16. The van der Waals surface area contributed by atoms with E-state index >= 15 is 0 Å². The Balaban J connectivity index is 1.85. The first-order valence-corrected chi connectivity index (χ1v) is 8.32. The largest absolute Gasteiger partial charge is 0.444 e. The Morgan fingerprint density at radius 1 is 1.38 bits per heavy atom. The molecule has 0 unspecified atom stereocenters. The van der Waals surface area contributed by atoms with Crippen LogP contribution in [0.2, 0.25) is 0 Å². The van der Waals surface area contributed by atoms with Crippen LogP contribution < -0.4 is 11.1 Å². The summed E-state index contributed by atoms with van der Waals surface area (Å²) in [6.45, 7) is 10.9. The van der Waals surface area contributed by atoms with E-state index in [0.29, 0.717) is 25.0 Å². The monoisotopic (exact) mass is 332 g/mol. The van der Waals surface area contributed by atoms with Crippen LogP contribution in [0.3, 0.4) is 0 Å². The molecule has 0 aromatic heterocycles. The lowest BCUT2D eigenvalue weighted by Crippen LogP contribution is -2.54. The molecule has 0 saturated carbocycles. The molecular weight excluding hydrogens is 304 g/mol. The van der Waals surface area contributed by atoms with E-state index in [4.69, 9.17) is 10.5 Å². The zero-order valence-electron chi connectivity index (χ0n) is 15.2. The summed E-state index contributed by atoms with van der Waals surface area (Å²) in [6, 6.07) is 8.13. The number of anilines is 1. The Labute approximate surface area is 144 Å². The van der Waals surface area contributed by atoms with Crippen molar-refractivity contribution in [1.29, 1.82) is 0 Å².